The van der Waals surface area contributed by atoms with Gasteiger partial charge in [0.2, 0.25) is 0 Å². The standard InChI is InChI=1S/C12H23N3O2/c1-3-7-14(8-4-2)11(16)12(17)15-9-5-13-6-10-15/h13H,3-10H2,1-2H3. The van der Waals surface area contributed by atoms with E-state index in [1.807, 2.05) is 13.8 Å². The number of nitrogens with one attached hydrogen (secondary N) is 1. The molecule has 5 heteroatoms. The van der Waals surface area contributed by atoms with Gasteiger partial charge in [-0.05, 0) is 12.8 Å². The van der Waals surface area contributed by atoms with Crippen LogP contribution in [0.3, 0.4) is 0 Å². The minimum Gasteiger partial charge on any atom is -0.334 e. The molecule has 0 aromatic carbocycles. The average molecular weight is 241 g/mol. The maximum Gasteiger partial charge on any atom is 0.312 e. The fourth-order valence-corrected chi connectivity index (χ4v) is 1.99. The Bertz CT molecular complexity index is 256. The number of amides is 2. The third-order valence-electron chi connectivity index (χ3n) is 2.86. The van der Waals surface area contributed by atoms with Crippen LogP contribution in [-0.4, -0.2) is 60.9 Å². The minimum absolute atomic E-state index is 0.337. The highest BCUT2D eigenvalue weighted by Crippen LogP contribution is 2.01. The van der Waals surface area contributed by atoms with Crippen LogP contribution in [0.25, 0.3) is 0 Å². The highest BCUT2D eigenvalue weighted by atomic mass is 16.2. The van der Waals surface area contributed by atoms with E-state index in [0.29, 0.717) is 26.2 Å². The molecule has 0 bridgehead atoms. The molecule has 1 aliphatic heterocycles. The molecule has 1 fully saturated rings. The van der Waals surface area contributed by atoms with Crippen LogP contribution < -0.4 is 5.32 Å². The number of carbonyl (C=O) groups is 2. The van der Waals surface area contributed by atoms with E-state index in [0.717, 1.165) is 25.9 Å². The Balaban J connectivity index is 2.55. The molecular weight excluding hydrogens is 218 g/mol. The van der Waals surface area contributed by atoms with Crippen molar-refractivity contribution in [2.45, 2.75) is 26.7 Å². The van der Waals surface area contributed by atoms with E-state index in [4.69, 9.17) is 0 Å². The van der Waals surface area contributed by atoms with Crippen LogP contribution in [0, 0.1) is 0 Å². The highest BCUT2D eigenvalue weighted by Gasteiger charge is 2.26. The summed E-state index contributed by atoms with van der Waals surface area (Å²) in [5.41, 5.74) is 0. The molecule has 2 amide bonds. The van der Waals surface area contributed by atoms with Gasteiger partial charge in [0.1, 0.15) is 0 Å². The van der Waals surface area contributed by atoms with Crippen molar-refractivity contribution in [2.24, 2.45) is 0 Å². The fourth-order valence-electron chi connectivity index (χ4n) is 1.99. The van der Waals surface area contributed by atoms with Crippen molar-refractivity contribution >= 4 is 11.8 Å². The van der Waals surface area contributed by atoms with Crippen molar-refractivity contribution in [1.29, 1.82) is 0 Å². The molecule has 0 unspecified atom stereocenters. The van der Waals surface area contributed by atoms with Crippen molar-refractivity contribution < 1.29 is 9.59 Å². The van der Waals surface area contributed by atoms with Crippen LogP contribution in [0.5, 0.6) is 0 Å². The number of carbonyl (C=O) groups excluding carboxylic acids is 2. The number of hydrogen-bond acceptors (Lipinski definition) is 3. The second-order valence-electron chi connectivity index (χ2n) is 4.33. The van der Waals surface area contributed by atoms with Crippen LogP contribution in [0.4, 0.5) is 0 Å². The maximum absolute atomic E-state index is 12.0. The van der Waals surface area contributed by atoms with E-state index >= 15 is 0 Å². The van der Waals surface area contributed by atoms with E-state index in [1.54, 1.807) is 9.80 Å². The second-order valence-corrected chi connectivity index (χ2v) is 4.33. The van der Waals surface area contributed by atoms with Crippen LogP contribution in [0.2, 0.25) is 0 Å². The third kappa shape index (κ3) is 4.00. The number of piperazine rings is 1. The topological polar surface area (TPSA) is 52.7 Å². The summed E-state index contributed by atoms with van der Waals surface area (Å²) in [7, 11) is 0. The monoisotopic (exact) mass is 241 g/mol. The van der Waals surface area contributed by atoms with E-state index in [1.165, 1.54) is 0 Å². The Morgan fingerprint density at radius 1 is 1.12 bits per heavy atom. The van der Waals surface area contributed by atoms with Crippen molar-refractivity contribution in [3.8, 4) is 0 Å². The molecule has 1 rings (SSSR count). The van der Waals surface area contributed by atoms with Gasteiger partial charge in [-0.2, -0.15) is 0 Å². The molecule has 5 nitrogen and oxygen atoms in total. The lowest BCUT2D eigenvalue weighted by atomic mass is 10.3. The highest BCUT2D eigenvalue weighted by molar-refractivity contribution is 6.34. The minimum atomic E-state index is -0.339. The number of rotatable bonds is 4. The zero-order chi connectivity index (χ0) is 12.7. The molecule has 1 aliphatic rings. The summed E-state index contributed by atoms with van der Waals surface area (Å²) >= 11 is 0. The van der Waals surface area contributed by atoms with E-state index < -0.39 is 0 Å². The molecular formula is C12H23N3O2. The lowest BCUT2D eigenvalue weighted by Gasteiger charge is -2.29. The summed E-state index contributed by atoms with van der Waals surface area (Å²) in [5.74, 6) is -0.677. The van der Waals surface area contributed by atoms with Crippen molar-refractivity contribution in [1.82, 2.24) is 15.1 Å². The van der Waals surface area contributed by atoms with E-state index in [9.17, 15) is 9.59 Å². The molecule has 0 aromatic heterocycles. The van der Waals surface area contributed by atoms with Gasteiger partial charge in [0, 0.05) is 39.3 Å². The Morgan fingerprint density at radius 2 is 1.65 bits per heavy atom. The van der Waals surface area contributed by atoms with Crippen LogP contribution in [0.1, 0.15) is 26.7 Å². The quantitative estimate of drug-likeness (QED) is 0.709. The fraction of sp³-hybridized carbons (Fsp3) is 0.833. The Morgan fingerprint density at radius 3 is 2.12 bits per heavy atom. The first kappa shape index (κ1) is 14.0. The van der Waals surface area contributed by atoms with Gasteiger partial charge in [-0.1, -0.05) is 13.8 Å². The molecule has 1 heterocycles. The Labute approximate surface area is 103 Å². The summed E-state index contributed by atoms with van der Waals surface area (Å²) in [6, 6.07) is 0. The lowest BCUT2D eigenvalue weighted by molar-refractivity contribution is -0.152. The van der Waals surface area contributed by atoms with Gasteiger partial charge < -0.3 is 15.1 Å². The first-order valence-electron chi connectivity index (χ1n) is 6.49. The molecule has 0 atom stereocenters. The predicted molar refractivity (Wildman–Crippen MR) is 66.6 cm³/mol. The van der Waals surface area contributed by atoms with Crippen LogP contribution >= 0.6 is 0 Å². The SMILES string of the molecule is CCCN(CCC)C(=O)C(=O)N1CCNCC1. The van der Waals surface area contributed by atoms with Crippen molar-refractivity contribution in [3.05, 3.63) is 0 Å². The zero-order valence-corrected chi connectivity index (χ0v) is 10.9. The van der Waals surface area contributed by atoms with Gasteiger partial charge in [0.05, 0.1) is 0 Å². The summed E-state index contributed by atoms with van der Waals surface area (Å²) in [5, 5.41) is 3.17. The Kier molecular flexibility index (Phi) is 5.97. The summed E-state index contributed by atoms with van der Waals surface area (Å²) < 4.78 is 0. The average Bonchev–Trinajstić information content (AvgIpc) is 2.38. The maximum atomic E-state index is 12.0. The van der Waals surface area contributed by atoms with Gasteiger partial charge >= 0.3 is 11.8 Å². The predicted octanol–water partition coefficient (Wildman–Crippen LogP) is 0.0668. The molecule has 1 N–H and O–H groups in total. The summed E-state index contributed by atoms with van der Waals surface area (Å²) in [6.45, 7) is 8.21. The van der Waals surface area contributed by atoms with Gasteiger partial charge in [-0.3, -0.25) is 9.59 Å². The molecule has 98 valence electrons. The second kappa shape index (κ2) is 7.27. The van der Waals surface area contributed by atoms with Gasteiger partial charge in [-0.15, -0.1) is 0 Å². The molecule has 0 saturated carbocycles. The molecule has 1 saturated heterocycles. The van der Waals surface area contributed by atoms with Crippen LogP contribution in [-0.2, 0) is 9.59 Å². The van der Waals surface area contributed by atoms with E-state index in [-0.39, 0.29) is 11.8 Å². The first-order valence-corrected chi connectivity index (χ1v) is 6.49. The van der Waals surface area contributed by atoms with Gasteiger partial charge in [0.25, 0.3) is 0 Å². The van der Waals surface area contributed by atoms with Gasteiger partial charge in [0.15, 0.2) is 0 Å². The molecule has 0 aliphatic carbocycles. The largest absolute Gasteiger partial charge is 0.334 e. The molecule has 0 aromatic rings. The third-order valence-corrected chi connectivity index (χ3v) is 2.86. The smallest absolute Gasteiger partial charge is 0.312 e. The number of nitrogens with zero attached hydrogens (tertiary/aromatic N) is 2. The van der Waals surface area contributed by atoms with Crippen molar-refractivity contribution in [2.75, 3.05) is 39.3 Å². The molecule has 0 radical (unpaired) electrons. The lowest BCUT2D eigenvalue weighted by Crippen LogP contribution is -2.52. The number of hydrogen-bond donors (Lipinski definition) is 1. The Hall–Kier alpha value is -1.10. The van der Waals surface area contributed by atoms with Gasteiger partial charge in [-0.25, -0.2) is 0 Å². The van der Waals surface area contributed by atoms with Crippen molar-refractivity contribution in [3.63, 3.8) is 0 Å². The molecule has 17 heavy (non-hydrogen) atoms. The van der Waals surface area contributed by atoms with E-state index in [2.05, 4.69) is 5.32 Å². The van der Waals surface area contributed by atoms with Crippen LogP contribution in [0.15, 0.2) is 0 Å². The first-order chi connectivity index (χ1) is 8.20. The summed E-state index contributed by atoms with van der Waals surface area (Å²) in [4.78, 5) is 27.4. The summed E-state index contributed by atoms with van der Waals surface area (Å²) in [6.07, 6.45) is 1.78. The normalized spacial score (nSPS) is 15.8. The molecule has 0 spiro atoms. The zero-order valence-electron chi connectivity index (χ0n) is 10.9.